The predicted octanol–water partition coefficient (Wildman–Crippen LogP) is 4.10. The first-order valence-corrected chi connectivity index (χ1v) is 7.93. The topological polar surface area (TPSA) is 68.0 Å². The largest absolute Gasteiger partial charge is 0.478 e. The third kappa shape index (κ3) is 2.17. The Morgan fingerprint density at radius 2 is 2.08 bits per heavy atom. The van der Waals surface area contributed by atoms with Crippen molar-refractivity contribution in [3.05, 3.63) is 52.1 Å². The molecule has 0 radical (unpaired) electrons. The fourth-order valence-corrected chi connectivity index (χ4v) is 3.30. The summed E-state index contributed by atoms with van der Waals surface area (Å²) < 4.78 is 15.5. The quantitative estimate of drug-likeness (QED) is 0.776. The molecule has 7 heteroatoms. The number of fused-ring (bicyclic) bond motifs is 1. The van der Waals surface area contributed by atoms with E-state index in [4.69, 9.17) is 11.6 Å². The number of halogens is 2. The van der Waals surface area contributed by atoms with Crippen molar-refractivity contribution in [3.63, 3.8) is 0 Å². The summed E-state index contributed by atoms with van der Waals surface area (Å²) in [5.41, 5.74) is 1.54. The van der Waals surface area contributed by atoms with E-state index in [1.165, 1.54) is 10.7 Å². The summed E-state index contributed by atoms with van der Waals surface area (Å²) in [7, 11) is 0. The summed E-state index contributed by atoms with van der Waals surface area (Å²) in [6, 6.07) is 6.18. The Morgan fingerprint density at radius 1 is 1.38 bits per heavy atom. The first-order chi connectivity index (χ1) is 11.5. The van der Waals surface area contributed by atoms with Crippen molar-refractivity contribution in [3.8, 4) is 5.69 Å². The first kappa shape index (κ1) is 15.1. The van der Waals surface area contributed by atoms with E-state index in [1.54, 1.807) is 25.1 Å². The average Bonchev–Trinajstić information content (AvgIpc) is 3.32. The molecule has 2 heterocycles. The Kier molecular flexibility index (Phi) is 3.31. The van der Waals surface area contributed by atoms with Crippen molar-refractivity contribution < 1.29 is 14.3 Å². The summed E-state index contributed by atoms with van der Waals surface area (Å²) in [4.78, 5) is 16.3. The molecule has 1 aliphatic carbocycles. The third-order valence-electron chi connectivity index (χ3n) is 4.22. The summed E-state index contributed by atoms with van der Waals surface area (Å²) in [5, 5.41) is 14.5. The van der Waals surface area contributed by atoms with E-state index in [0.717, 1.165) is 12.8 Å². The molecule has 122 valence electrons. The highest BCUT2D eigenvalue weighted by molar-refractivity contribution is 6.35. The van der Waals surface area contributed by atoms with Crippen molar-refractivity contribution in [2.24, 2.45) is 0 Å². The summed E-state index contributed by atoms with van der Waals surface area (Å²) in [6.07, 6.45) is 1.84. The van der Waals surface area contributed by atoms with Gasteiger partial charge >= 0.3 is 5.97 Å². The van der Waals surface area contributed by atoms with Crippen LogP contribution in [0.1, 0.15) is 40.5 Å². The van der Waals surface area contributed by atoms with Gasteiger partial charge in [0.05, 0.1) is 27.4 Å². The van der Waals surface area contributed by atoms with Crippen LogP contribution in [-0.2, 0) is 0 Å². The number of carboxylic acid groups (broad SMARTS) is 1. The molecule has 1 aromatic carbocycles. The fraction of sp³-hybridized carbons (Fsp3) is 0.235. The van der Waals surface area contributed by atoms with Gasteiger partial charge in [0.2, 0.25) is 0 Å². The van der Waals surface area contributed by atoms with Crippen LogP contribution in [0.2, 0.25) is 5.02 Å². The highest BCUT2D eigenvalue weighted by atomic mass is 35.5. The van der Waals surface area contributed by atoms with Gasteiger partial charge in [-0.25, -0.2) is 18.9 Å². The van der Waals surface area contributed by atoms with Crippen LogP contribution < -0.4 is 0 Å². The van der Waals surface area contributed by atoms with E-state index >= 15 is 0 Å². The van der Waals surface area contributed by atoms with Crippen LogP contribution in [0, 0.1) is 12.7 Å². The zero-order chi connectivity index (χ0) is 17.0. The molecular weight excluding hydrogens is 333 g/mol. The molecule has 0 aliphatic heterocycles. The Morgan fingerprint density at radius 3 is 2.71 bits per heavy atom. The van der Waals surface area contributed by atoms with Crippen molar-refractivity contribution in [1.82, 2.24) is 14.8 Å². The molecule has 0 bridgehead atoms. The molecule has 1 fully saturated rings. The third-order valence-corrected chi connectivity index (χ3v) is 4.60. The number of benzene rings is 1. The second-order valence-corrected chi connectivity index (χ2v) is 6.29. The maximum atomic E-state index is 14.2. The van der Waals surface area contributed by atoms with Gasteiger partial charge in [-0.2, -0.15) is 5.10 Å². The van der Waals surface area contributed by atoms with Crippen molar-refractivity contribution >= 4 is 28.6 Å². The number of carbonyl (C=O) groups is 1. The van der Waals surface area contributed by atoms with Gasteiger partial charge in [0.15, 0.2) is 5.65 Å². The standard InChI is InChI=1S/C17H13ClFN3O2/c1-8-12-13(17(23)24)14(18)15(9-6-7-9)20-16(12)22(21-8)11-5-3-2-4-10(11)19/h2-5,9H,6-7H2,1H3,(H,23,24). The molecule has 0 amide bonds. The number of hydrogen-bond acceptors (Lipinski definition) is 3. The maximum Gasteiger partial charge on any atom is 0.338 e. The van der Waals surface area contributed by atoms with Gasteiger partial charge in [0.1, 0.15) is 11.5 Å². The molecule has 4 rings (SSSR count). The minimum absolute atomic E-state index is 0.0105. The number of para-hydroxylation sites is 1. The first-order valence-electron chi connectivity index (χ1n) is 7.56. The summed E-state index contributed by atoms with van der Waals surface area (Å²) in [6.45, 7) is 1.67. The number of aromatic carboxylic acids is 1. The van der Waals surface area contributed by atoms with Crippen LogP contribution in [0.3, 0.4) is 0 Å². The lowest BCUT2D eigenvalue weighted by Crippen LogP contribution is -2.06. The predicted molar refractivity (Wildman–Crippen MR) is 87.5 cm³/mol. The van der Waals surface area contributed by atoms with Crippen molar-refractivity contribution in [1.29, 1.82) is 0 Å². The number of aryl methyl sites for hydroxylation is 1. The minimum Gasteiger partial charge on any atom is -0.478 e. The maximum absolute atomic E-state index is 14.2. The lowest BCUT2D eigenvalue weighted by Gasteiger charge is -2.09. The van der Waals surface area contributed by atoms with E-state index in [0.29, 0.717) is 22.4 Å². The molecule has 0 atom stereocenters. The molecule has 1 aliphatic rings. The second kappa shape index (κ2) is 5.27. The van der Waals surface area contributed by atoms with Crippen LogP contribution >= 0.6 is 11.6 Å². The zero-order valence-corrected chi connectivity index (χ0v) is 13.5. The van der Waals surface area contributed by atoms with Gasteiger partial charge in [-0.1, -0.05) is 23.7 Å². The zero-order valence-electron chi connectivity index (χ0n) is 12.8. The normalized spacial score (nSPS) is 14.3. The lowest BCUT2D eigenvalue weighted by atomic mass is 10.1. The molecule has 2 aromatic heterocycles. The van der Waals surface area contributed by atoms with Gasteiger partial charge in [0, 0.05) is 5.92 Å². The lowest BCUT2D eigenvalue weighted by molar-refractivity contribution is 0.0699. The van der Waals surface area contributed by atoms with Gasteiger partial charge < -0.3 is 5.11 Å². The van der Waals surface area contributed by atoms with E-state index < -0.39 is 11.8 Å². The molecule has 0 saturated heterocycles. The minimum atomic E-state index is -1.13. The molecule has 0 unspecified atom stereocenters. The highest BCUT2D eigenvalue weighted by Gasteiger charge is 2.33. The van der Waals surface area contributed by atoms with Gasteiger partial charge in [-0.15, -0.1) is 0 Å². The summed E-state index contributed by atoms with van der Waals surface area (Å²) >= 11 is 6.32. The van der Waals surface area contributed by atoms with Gasteiger partial charge in [0.25, 0.3) is 0 Å². The Hall–Kier alpha value is -2.47. The summed E-state index contributed by atoms with van der Waals surface area (Å²) in [5.74, 6) is -1.43. The molecule has 1 N–H and O–H groups in total. The van der Waals surface area contributed by atoms with Gasteiger partial charge in [-0.3, -0.25) is 0 Å². The van der Waals surface area contributed by atoms with Crippen molar-refractivity contribution in [2.45, 2.75) is 25.7 Å². The second-order valence-electron chi connectivity index (χ2n) is 5.91. The van der Waals surface area contributed by atoms with E-state index in [9.17, 15) is 14.3 Å². The Labute approximate surface area is 141 Å². The molecule has 5 nitrogen and oxygen atoms in total. The van der Waals surface area contributed by atoms with Crippen LogP contribution in [0.4, 0.5) is 4.39 Å². The number of rotatable bonds is 3. The monoisotopic (exact) mass is 345 g/mol. The number of hydrogen-bond donors (Lipinski definition) is 1. The Balaban J connectivity index is 2.11. The van der Waals surface area contributed by atoms with Crippen molar-refractivity contribution in [2.75, 3.05) is 0 Å². The highest BCUT2D eigenvalue weighted by Crippen LogP contribution is 2.45. The SMILES string of the molecule is Cc1nn(-c2ccccc2F)c2nc(C3CC3)c(Cl)c(C(=O)O)c12. The smallest absolute Gasteiger partial charge is 0.338 e. The molecule has 24 heavy (non-hydrogen) atoms. The van der Waals surface area contributed by atoms with E-state index in [-0.39, 0.29) is 22.2 Å². The number of carboxylic acids is 1. The molecule has 3 aromatic rings. The van der Waals surface area contributed by atoms with Crippen LogP contribution in [0.15, 0.2) is 24.3 Å². The molecule has 0 spiro atoms. The number of nitrogens with zero attached hydrogens (tertiary/aromatic N) is 3. The van der Waals surface area contributed by atoms with Crippen LogP contribution in [0.5, 0.6) is 0 Å². The molecule has 1 saturated carbocycles. The number of pyridine rings is 1. The van der Waals surface area contributed by atoms with Gasteiger partial charge in [-0.05, 0) is 31.9 Å². The van der Waals surface area contributed by atoms with E-state index in [1.807, 2.05) is 0 Å². The molecular formula is C17H13ClFN3O2. The van der Waals surface area contributed by atoms with Crippen LogP contribution in [0.25, 0.3) is 16.7 Å². The Bertz CT molecular complexity index is 995. The number of aromatic nitrogens is 3. The average molecular weight is 346 g/mol. The van der Waals surface area contributed by atoms with Crippen LogP contribution in [-0.4, -0.2) is 25.8 Å². The fourth-order valence-electron chi connectivity index (χ4n) is 2.93. The van der Waals surface area contributed by atoms with E-state index in [2.05, 4.69) is 10.1 Å².